The monoisotopic (exact) mass is 313 g/mol. The summed E-state index contributed by atoms with van der Waals surface area (Å²) in [6.07, 6.45) is 4.83. The Bertz CT molecular complexity index is 712. The van der Waals surface area contributed by atoms with Crippen molar-refractivity contribution in [3.63, 3.8) is 0 Å². The number of nitrogens with zero attached hydrogens (tertiary/aromatic N) is 3. The topological polar surface area (TPSA) is 75.5 Å². The molecular formula is C17H19N3O3. The molecule has 3 rings (SSSR count). The summed E-state index contributed by atoms with van der Waals surface area (Å²) in [7, 11) is 1.58. The van der Waals surface area contributed by atoms with E-state index in [0.717, 1.165) is 25.9 Å². The lowest BCUT2D eigenvalue weighted by atomic mass is 10.1. The van der Waals surface area contributed by atoms with Crippen LogP contribution in [0.4, 0.5) is 5.95 Å². The van der Waals surface area contributed by atoms with E-state index in [2.05, 4.69) is 14.9 Å². The Morgan fingerprint density at radius 1 is 1.26 bits per heavy atom. The van der Waals surface area contributed by atoms with Crippen molar-refractivity contribution >= 4 is 11.9 Å². The Hall–Kier alpha value is -2.63. The van der Waals surface area contributed by atoms with Crippen LogP contribution in [0.15, 0.2) is 30.5 Å². The summed E-state index contributed by atoms with van der Waals surface area (Å²) >= 11 is 0. The predicted octanol–water partition coefficient (Wildman–Crippen LogP) is 2.84. The van der Waals surface area contributed by atoms with Crippen molar-refractivity contribution in [1.82, 2.24) is 9.97 Å². The van der Waals surface area contributed by atoms with Gasteiger partial charge < -0.3 is 14.7 Å². The molecular weight excluding hydrogens is 294 g/mol. The summed E-state index contributed by atoms with van der Waals surface area (Å²) in [5, 5.41) is 9.43. The summed E-state index contributed by atoms with van der Waals surface area (Å²) in [6, 6.07) is 7.26. The molecule has 1 fully saturated rings. The summed E-state index contributed by atoms with van der Waals surface area (Å²) in [6.45, 7) is 1.81. The van der Waals surface area contributed by atoms with Crippen LogP contribution in [0, 0.1) is 0 Å². The Morgan fingerprint density at radius 3 is 2.74 bits per heavy atom. The van der Waals surface area contributed by atoms with Crippen LogP contribution in [0.5, 0.6) is 5.75 Å². The van der Waals surface area contributed by atoms with E-state index >= 15 is 0 Å². The number of aromatic carboxylic acids is 1. The van der Waals surface area contributed by atoms with Gasteiger partial charge in [-0.05, 0) is 31.4 Å². The number of carbonyl (C=O) groups is 1. The third-order valence-electron chi connectivity index (χ3n) is 3.99. The molecule has 2 aromatic rings. The van der Waals surface area contributed by atoms with Crippen molar-refractivity contribution < 1.29 is 14.6 Å². The normalized spacial score (nSPS) is 14.6. The zero-order valence-corrected chi connectivity index (χ0v) is 13.0. The maximum absolute atomic E-state index is 11.5. The molecule has 1 aliphatic rings. The van der Waals surface area contributed by atoms with Gasteiger partial charge in [0.1, 0.15) is 11.3 Å². The Balaban J connectivity index is 2.05. The standard InChI is InChI=1S/C17H19N3O3/c1-23-13-7-5-6-12(10-13)15-14(16(21)22)11-18-17(19-15)20-8-3-2-4-9-20/h5-7,10-11H,2-4,8-9H2,1H3,(H,21,22). The Kier molecular flexibility index (Phi) is 4.41. The molecule has 6 heteroatoms. The highest BCUT2D eigenvalue weighted by Crippen LogP contribution is 2.27. The number of ether oxygens (including phenoxy) is 1. The number of carboxylic acid groups (broad SMARTS) is 1. The van der Waals surface area contributed by atoms with Crippen LogP contribution >= 0.6 is 0 Å². The molecule has 0 radical (unpaired) electrons. The van der Waals surface area contributed by atoms with Gasteiger partial charge in [-0.3, -0.25) is 0 Å². The molecule has 1 saturated heterocycles. The van der Waals surface area contributed by atoms with Gasteiger partial charge in [-0.25, -0.2) is 14.8 Å². The van der Waals surface area contributed by atoms with E-state index in [1.807, 2.05) is 18.2 Å². The molecule has 23 heavy (non-hydrogen) atoms. The highest BCUT2D eigenvalue weighted by molar-refractivity contribution is 5.94. The zero-order chi connectivity index (χ0) is 16.2. The van der Waals surface area contributed by atoms with E-state index in [1.165, 1.54) is 12.6 Å². The zero-order valence-electron chi connectivity index (χ0n) is 13.0. The molecule has 1 aromatic heterocycles. The summed E-state index contributed by atoms with van der Waals surface area (Å²) in [5.41, 5.74) is 1.23. The molecule has 0 saturated carbocycles. The summed E-state index contributed by atoms with van der Waals surface area (Å²) in [4.78, 5) is 22.4. The number of methoxy groups -OCH3 is 1. The van der Waals surface area contributed by atoms with Gasteiger partial charge in [0.2, 0.25) is 5.95 Å². The Morgan fingerprint density at radius 2 is 2.04 bits per heavy atom. The number of hydrogen-bond donors (Lipinski definition) is 1. The number of aromatic nitrogens is 2. The van der Waals surface area contributed by atoms with E-state index in [1.54, 1.807) is 13.2 Å². The van der Waals surface area contributed by atoms with Crippen LogP contribution in [0.1, 0.15) is 29.6 Å². The van der Waals surface area contributed by atoms with Gasteiger partial charge in [0.05, 0.1) is 12.8 Å². The van der Waals surface area contributed by atoms with Crippen molar-refractivity contribution in [3.05, 3.63) is 36.0 Å². The fourth-order valence-corrected chi connectivity index (χ4v) is 2.77. The first kappa shape index (κ1) is 15.3. The third-order valence-corrected chi connectivity index (χ3v) is 3.99. The summed E-state index contributed by atoms with van der Waals surface area (Å²) in [5.74, 6) is 0.220. The van der Waals surface area contributed by atoms with Gasteiger partial charge in [0.15, 0.2) is 0 Å². The molecule has 1 aromatic carbocycles. The minimum absolute atomic E-state index is 0.0963. The number of rotatable bonds is 4. The molecule has 6 nitrogen and oxygen atoms in total. The van der Waals surface area contributed by atoms with Crippen molar-refractivity contribution in [2.45, 2.75) is 19.3 Å². The second-order valence-corrected chi connectivity index (χ2v) is 5.52. The number of hydrogen-bond acceptors (Lipinski definition) is 5. The van der Waals surface area contributed by atoms with Gasteiger partial charge >= 0.3 is 5.97 Å². The minimum Gasteiger partial charge on any atom is -0.497 e. The van der Waals surface area contributed by atoms with Gasteiger partial charge in [-0.2, -0.15) is 0 Å². The maximum Gasteiger partial charge on any atom is 0.339 e. The Labute approximate surface area is 134 Å². The number of piperidine rings is 1. The number of benzene rings is 1. The SMILES string of the molecule is COc1cccc(-c2nc(N3CCCCC3)ncc2C(=O)O)c1. The third kappa shape index (κ3) is 3.26. The van der Waals surface area contributed by atoms with E-state index < -0.39 is 5.97 Å². The fourth-order valence-electron chi connectivity index (χ4n) is 2.77. The molecule has 0 amide bonds. The molecule has 0 bridgehead atoms. The lowest BCUT2D eigenvalue weighted by Gasteiger charge is -2.27. The molecule has 0 atom stereocenters. The van der Waals surface area contributed by atoms with Crippen LogP contribution in [-0.4, -0.2) is 41.2 Å². The van der Waals surface area contributed by atoms with E-state index in [0.29, 0.717) is 23.0 Å². The maximum atomic E-state index is 11.5. The lowest BCUT2D eigenvalue weighted by molar-refractivity contribution is 0.0697. The van der Waals surface area contributed by atoms with Gasteiger partial charge in [0.25, 0.3) is 0 Å². The minimum atomic E-state index is -1.03. The smallest absolute Gasteiger partial charge is 0.339 e. The quantitative estimate of drug-likeness (QED) is 0.935. The second kappa shape index (κ2) is 6.64. The average Bonchev–Trinajstić information content (AvgIpc) is 2.62. The molecule has 0 unspecified atom stereocenters. The fraction of sp³-hybridized carbons (Fsp3) is 0.353. The molecule has 1 N–H and O–H groups in total. The van der Waals surface area contributed by atoms with Gasteiger partial charge in [-0.1, -0.05) is 12.1 Å². The van der Waals surface area contributed by atoms with Crippen LogP contribution < -0.4 is 9.64 Å². The second-order valence-electron chi connectivity index (χ2n) is 5.52. The van der Waals surface area contributed by atoms with Gasteiger partial charge in [-0.15, -0.1) is 0 Å². The highest BCUT2D eigenvalue weighted by atomic mass is 16.5. The van der Waals surface area contributed by atoms with E-state index in [-0.39, 0.29) is 5.56 Å². The molecule has 1 aliphatic heterocycles. The van der Waals surface area contributed by atoms with Crippen LogP contribution in [-0.2, 0) is 0 Å². The lowest BCUT2D eigenvalue weighted by Crippen LogP contribution is -2.31. The molecule has 0 aliphatic carbocycles. The van der Waals surface area contributed by atoms with Crippen molar-refractivity contribution in [1.29, 1.82) is 0 Å². The molecule has 120 valence electrons. The van der Waals surface area contributed by atoms with Crippen molar-refractivity contribution in [2.24, 2.45) is 0 Å². The average molecular weight is 313 g/mol. The first-order valence-electron chi connectivity index (χ1n) is 7.69. The van der Waals surface area contributed by atoms with E-state index in [4.69, 9.17) is 4.74 Å². The molecule has 0 spiro atoms. The van der Waals surface area contributed by atoms with Crippen LogP contribution in [0.25, 0.3) is 11.3 Å². The van der Waals surface area contributed by atoms with Crippen LogP contribution in [0.2, 0.25) is 0 Å². The molecule has 2 heterocycles. The van der Waals surface area contributed by atoms with Crippen LogP contribution in [0.3, 0.4) is 0 Å². The first-order chi connectivity index (χ1) is 11.2. The van der Waals surface area contributed by atoms with Crippen molar-refractivity contribution in [2.75, 3.05) is 25.1 Å². The largest absolute Gasteiger partial charge is 0.497 e. The highest BCUT2D eigenvalue weighted by Gasteiger charge is 2.19. The number of carboxylic acids is 1. The van der Waals surface area contributed by atoms with E-state index in [9.17, 15) is 9.90 Å². The predicted molar refractivity (Wildman–Crippen MR) is 87.0 cm³/mol. The van der Waals surface area contributed by atoms with Crippen molar-refractivity contribution in [3.8, 4) is 17.0 Å². The summed E-state index contributed by atoms with van der Waals surface area (Å²) < 4.78 is 5.22. The number of anilines is 1. The van der Waals surface area contributed by atoms with Gasteiger partial charge in [0, 0.05) is 24.8 Å². The first-order valence-corrected chi connectivity index (χ1v) is 7.69.